The Hall–Kier alpha value is -1.14. The molecule has 1 rings (SSSR count). The largest absolute Gasteiger partial charge is 0.433 e. The van der Waals surface area contributed by atoms with Gasteiger partial charge >= 0.3 is 6.09 Å². The Balaban J connectivity index is 2.75. The van der Waals surface area contributed by atoms with Crippen molar-refractivity contribution in [2.45, 2.75) is 33.5 Å². The van der Waals surface area contributed by atoms with Gasteiger partial charge in [-0.25, -0.2) is 4.79 Å². The molecule has 0 aromatic rings. The average molecular weight is 244 g/mol. The number of carbonyl (C=O) groups excluding carboxylic acids is 1. The maximum atomic E-state index is 11.0. The van der Waals surface area contributed by atoms with E-state index in [1.165, 1.54) is 7.05 Å². The van der Waals surface area contributed by atoms with Crippen molar-refractivity contribution in [2.24, 2.45) is 10.6 Å². The van der Waals surface area contributed by atoms with E-state index in [-0.39, 0.29) is 5.41 Å². The molecule has 1 fully saturated rings. The summed E-state index contributed by atoms with van der Waals surface area (Å²) in [5.74, 6) is 0. The summed E-state index contributed by atoms with van der Waals surface area (Å²) in [6.45, 7) is 7.13. The second kappa shape index (κ2) is 5.97. The van der Waals surface area contributed by atoms with E-state index < -0.39 is 12.4 Å². The first kappa shape index (κ1) is 13.9. The third kappa shape index (κ3) is 4.32. The number of oxime groups is 1. The van der Waals surface area contributed by atoms with Gasteiger partial charge in [0.1, 0.15) is 5.71 Å². The summed E-state index contributed by atoms with van der Waals surface area (Å²) in [4.78, 5) is 15.7. The van der Waals surface area contributed by atoms with E-state index in [9.17, 15) is 4.79 Å². The molecule has 0 bridgehead atoms. The molecule has 1 heterocycles. The van der Waals surface area contributed by atoms with E-state index >= 15 is 0 Å². The summed E-state index contributed by atoms with van der Waals surface area (Å²) in [5.41, 5.74) is 0.275. The quantitative estimate of drug-likeness (QED) is 0.454. The predicted octanol–water partition coefficient (Wildman–Crippen LogP) is 1.51. The van der Waals surface area contributed by atoms with Gasteiger partial charge in [-0.3, -0.25) is 4.84 Å². The lowest BCUT2D eigenvalue weighted by molar-refractivity contribution is -0.141. The summed E-state index contributed by atoms with van der Waals surface area (Å²) in [6, 6.07) is 0. The van der Waals surface area contributed by atoms with Crippen molar-refractivity contribution in [3.63, 3.8) is 0 Å². The fourth-order valence-electron chi connectivity index (χ4n) is 1.32. The van der Waals surface area contributed by atoms with Crippen molar-refractivity contribution in [1.29, 1.82) is 0 Å². The molecule has 0 spiro atoms. The van der Waals surface area contributed by atoms with E-state index in [0.717, 1.165) is 6.42 Å². The maximum absolute atomic E-state index is 11.0. The number of hydrogen-bond acceptors (Lipinski definition) is 5. The van der Waals surface area contributed by atoms with Crippen LogP contribution in [0.25, 0.3) is 0 Å². The summed E-state index contributed by atoms with van der Waals surface area (Å²) < 4.78 is 10.9. The first-order valence-electron chi connectivity index (χ1n) is 5.65. The molecule has 1 aliphatic heterocycles. The Kier molecular flexibility index (Phi) is 4.89. The number of carbonyl (C=O) groups is 1. The summed E-state index contributed by atoms with van der Waals surface area (Å²) >= 11 is 0. The van der Waals surface area contributed by atoms with Crippen LogP contribution in [0.3, 0.4) is 0 Å². The summed E-state index contributed by atoms with van der Waals surface area (Å²) in [6.07, 6.45) is -0.277. The molecule has 1 saturated heterocycles. The molecule has 0 aromatic heterocycles. The van der Waals surface area contributed by atoms with E-state index in [1.807, 2.05) is 20.8 Å². The highest BCUT2D eigenvalue weighted by Gasteiger charge is 2.31. The molecule has 0 atom stereocenters. The summed E-state index contributed by atoms with van der Waals surface area (Å²) in [7, 11) is 1.47. The fourth-order valence-corrected chi connectivity index (χ4v) is 1.32. The number of nitrogens with one attached hydrogen (secondary N) is 1. The molecule has 0 radical (unpaired) electrons. The molecule has 1 N–H and O–H groups in total. The molecule has 0 aliphatic carbocycles. The second-order valence-electron chi connectivity index (χ2n) is 4.78. The number of nitrogens with zero attached hydrogens (tertiary/aromatic N) is 1. The number of amides is 1. The number of ether oxygens (including phenoxy) is 2. The molecule has 17 heavy (non-hydrogen) atoms. The van der Waals surface area contributed by atoms with E-state index in [4.69, 9.17) is 14.3 Å². The smallest absolute Gasteiger partial charge is 0.347 e. The zero-order valence-corrected chi connectivity index (χ0v) is 10.8. The van der Waals surface area contributed by atoms with Crippen LogP contribution in [-0.4, -0.2) is 38.4 Å². The molecular weight excluding hydrogens is 224 g/mol. The highest BCUT2D eigenvalue weighted by atomic mass is 16.7. The highest BCUT2D eigenvalue weighted by Crippen LogP contribution is 2.23. The molecule has 1 amide bonds. The molecule has 6 nitrogen and oxygen atoms in total. The van der Waals surface area contributed by atoms with Crippen LogP contribution in [0, 0.1) is 5.41 Å². The SMILES string of the molecule is CNC(=O)ON=C(C1OCCCO1)C(C)(C)C. The maximum Gasteiger partial charge on any atom is 0.433 e. The van der Waals surface area contributed by atoms with Gasteiger partial charge in [-0.2, -0.15) is 0 Å². The molecule has 0 unspecified atom stereocenters. The molecule has 6 heteroatoms. The van der Waals surface area contributed by atoms with Crippen LogP contribution in [-0.2, 0) is 14.3 Å². The zero-order valence-electron chi connectivity index (χ0n) is 10.8. The van der Waals surface area contributed by atoms with Gasteiger partial charge in [0, 0.05) is 12.5 Å². The minimum Gasteiger partial charge on any atom is -0.347 e. The molecule has 0 aromatic carbocycles. The van der Waals surface area contributed by atoms with Gasteiger partial charge in [0.25, 0.3) is 0 Å². The topological polar surface area (TPSA) is 69.2 Å². The van der Waals surface area contributed by atoms with Crippen LogP contribution in [0.4, 0.5) is 4.79 Å². The van der Waals surface area contributed by atoms with E-state index in [1.54, 1.807) is 0 Å². The molecule has 98 valence electrons. The van der Waals surface area contributed by atoms with Crippen molar-refractivity contribution in [3.8, 4) is 0 Å². The minimum absolute atomic E-state index is 0.296. The molecule has 1 aliphatic rings. The van der Waals surface area contributed by atoms with Crippen LogP contribution in [0.1, 0.15) is 27.2 Å². The van der Waals surface area contributed by atoms with Crippen LogP contribution >= 0.6 is 0 Å². The van der Waals surface area contributed by atoms with E-state index in [2.05, 4.69) is 10.5 Å². The van der Waals surface area contributed by atoms with Crippen molar-refractivity contribution < 1.29 is 19.1 Å². The van der Waals surface area contributed by atoms with Gasteiger partial charge in [-0.1, -0.05) is 25.9 Å². The van der Waals surface area contributed by atoms with Crippen LogP contribution < -0.4 is 5.32 Å². The summed E-state index contributed by atoms with van der Waals surface area (Å²) in [5, 5.41) is 6.17. The fraction of sp³-hybridized carbons (Fsp3) is 0.818. The molecule has 0 saturated carbocycles. The van der Waals surface area contributed by atoms with Gasteiger partial charge in [-0.05, 0) is 6.42 Å². The normalized spacial score (nSPS) is 18.9. The molecular formula is C11H20N2O4. The van der Waals surface area contributed by atoms with Gasteiger partial charge in [0.05, 0.1) is 13.2 Å². The lowest BCUT2D eigenvalue weighted by Gasteiger charge is -2.30. The van der Waals surface area contributed by atoms with Gasteiger partial charge in [0.15, 0.2) is 0 Å². The standard InChI is InChI=1S/C11H20N2O4/c1-11(2,3)8(13-17-10(14)12-4)9-15-6-5-7-16-9/h9H,5-7H2,1-4H3,(H,12,14). The Labute approximate surface area is 101 Å². The van der Waals surface area contributed by atoms with E-state index in [0.29, 0.717) is 18.9 Å². The van der Waals surface area contributed by atoms with Gasteiger partial charge in [-0.15, -0.1) is 0 Å². The number of hydrogen-bond donors (Lipinski definition) is 1. The Morgan fingerprint density at radius 1 is 1.35 bits per heavy atom. The van der Waals surface area contributed by atoms with Gasteiger partial charge in [0.2, 0.25) is 6.29 Å². The van der Waals surface area contributed by atoms with Crippen molar-refractivity contribution >= 4 is 11.8 Å². The van der Waals surface area contributed by atoms with Crippen molar-refractivity contribution in [3.05, 3.63) is 0 Å². The average Bonchev–Trinajstić information content (AvgIpc) is 2.28. The van der Waals surface area contributed by atoms with Gasteiger partial charge < -0.3 is 14.8 Å². The predicted molar refractivity (Wildman–Crippen MR) is 62.7 cm³/mol. The van der Waals surface area contributed by atoms with Crippen molar-refractivity contribution in [1.82, 2.24) is 5.32 Å². The Morgan fingerprint density at radius 3 is 2.41 bits per heavy atom. The zero-order chi connectivity index (χ0) is 12.9. The lowest BCUT2D eigenvalue weighted by atomic mass is 9.89. The Bertz CT molecular complexity index is 290. The lowest BCUT2D eigenvalue weighted by Crippen LogP contribution is -2.40. The van der Waals surface area contributed by atoms with Crippen molar-refractivity contribution in [2.75, 3.05) is 20.3 Å². The monoisotopic (exact) mass is 244 g/mol. The Morgan fingerprint density at radius 2 is 1.94 bits per heavy atom. The first-order valence-corrected chi connectivity index (χ1v) is 5.65. The third-order valence-corrected chi connectivity index (χ3v) is 2.25. The van der Waals surface area contributed by atoms with Crippen LogP contribution in [0.15, 0.2) is 5.16 Å². The third-order valence-electron chi connectivity index (χ3n) is 2.25. The highest BCUT2D eigenvalue weighted by molar-refractivity contribution is 5.92. The minimum atomic E-state index is -0.609. The number of rotatable bonds is 2. The second-order valence-corrected chi connectivity index (χ2v) is 4.78. The first-order chi connectivity index (χ1) is 7.95. The van der Waals surface area contributed by atoms with Crippen LogP contribution in [0.5, 0.6) is 0 Å². The van der Waals surface area contributed by atoms with Crippen LogP contribution in [0.2, 0.25) is 0 Å².